The van der Waals surface area contributed by atoms with Gasteiger partial charge in [0.2, 0.25) is 0 Å². The van der Waals surface area contributed by atoms with Crippen molar-refractivity contribution in [1.82, 2.24) is 0 Å². The average molecular weight is 339 g/mol. The fourth-order valence-electron chi connectivity index (χ4n) is 0.342. The van der Waals surface area contributed by atoms with E-state index >= 15 is 0 Å². The summed E-state index contributed by atoms with van der Waals surface area (Å²) in [5.41, 5.74) is 0. The summed E-state index contributed by atoms with van der Waals surface area (Å²) >= 11 is 1.75. The van der Waals surface area contributed by atoms with Crippen LogP contribution in [0.15, 0.2) is 30.3 Å². The van der Waals surface area contributed by atoms with Crippen LogP contribution >= 0.6 is 11.8 Å². The van der Waals surface area contributed by atoms with Gasteiger partial charge in [-0.25, -0.2) is 0 Å². The van der Waals surface area contributed by atoms with Gasteiger partial charge in [0.15, 0.2) is 0 Å². The van der Waals surface area contributed by atoms with Crippen molar-refractivity contribution in [3.05, 3.63) is 56.3 Å². The summed E-state index contributed by atoms with van der Waals surface area (Å²) in [6, 6.07) is 12.5. The van der Waals surface area contributed by atoms with Gasteiger partial charge in [-0.2, -0.15) is 48.2 Å². The first-order chi connectivity index (χ1) is 7.41. The van der Waals surface area contributed by atoms with Gasteiger partial charge in [0.25, 0.3) is 0 Å². The van der Waals surface area contributed by atoms with Crippen LogP contribution < -0.4 is 0 Å². The van der Waals surface area contributed by atoms with Crippen molar-refractivity contribution in [2.24, 2.45) is 0 Å². The maximum Gasteiger partial charge on any atom is 1.00 e. The van der Waals surface area contributed by atoms with Crippen molar-refractivity contribution in [3.8, 4) is 0 Å². The van der Waals surface area contributed by atoms with Gasteiger partial charge in [-0.1, -0.05) is 0 Å². The molecule has 0 aliphatic rings. The third-order valence-electron chi connectivity index (χ3n) is 0.607. The molecule has 6 heteroatoms. The second-order valence-electron chi connectivity index (χ2n) is 1.49. The molecule has 3 nitrogen and oxygen atoms in total. The first kappa shape index (κ1) is 36.0. The van der Waals surface area contributed by atoms with E-state index in [1.54, 1.807) is 11.8 Å². The molecule has 0 aliphatic carbocycles. The van der Waals surface area contributed by atoms with Crippen LogP contribution in [0.4, 0.5) is 0 Å². The van der Waals surface area contributed by atoms with Crippen molar-refractivity contribution in [2.45, 2.75) is 0 Å². The van der Waals surface area contributed by atoms with E-state index in [9.17, 15) is 0 Å². The minimum Gasteiger partial charge on any atom is -0.184 e. The zero-order chi connectivity index (χ0) is 12.9. The summed E-state index contributed by atoms with van der Waals surface area (Å²) in [5.74, 6) is 0. The summed E-state index contributed by atoms with van der Waals surface area (Å²) in [4.78, 5) is 0. The van der Waals surface area contributed by atoms with Gasteiger partial charge >= 0.3 is 51.0 Å². The van der Waals surface area contributed by atoms with E-state index in [0.29, 0.717) is 0 Å². The average Bonchev–Trinajstić information content (AvgIpc) is 2.40. The second-order valence-corrected chi connectivity index (χ2v) is 2.30. The predicted octanol–water partition coefficient (Wildman–Crippen LogP) is 2.35. The summed E-state index contributed by atoms with van der Waals surface area (Å²) in [7, 11) is 0. The van der Waals surface area contributed by atoms with Gasteiger partial charge in [-0.3, -0.25) is 0 Å². The van der Waals surface area contributed by atoms with E-state index in [1.807, 2.05) is 42.8 Å². The number of hydrogen-bond acceptors (Lipinski definition) is 1. The van der Waals surface area contributed by atoms with Gasteiger partial charge in [0.05, 0.1) is 0 Å². The third kappa shape index (κ3) is 88.9. The molecule has 0 unspecified atom stereocenters. The Bertz CT molecular complexity index is 186. The number of rotatable bonds is 0. The molecule has 0 amide bonds. The van der Waals surface area contributed by atoms with E-state index < -0.39 is 0 Å². The number of thioether (sulfide) groups is 1. The fraction of sp³-hybridized carbons (Fsp3) is 0.182. The van der Waals surface area contributed by atoms with Crippen molar-refractivity contribution in [3.63, 3.8) is 0 Å². The SMILES string of the molecule is CSC.[C-]#[O+].[C-]#[O+].[C-]#[O+].[Cr].[Cu+].[c-]1ccccc1. The smallest absolute Gasteiger partial charge is 0.184 e. The summed E-state index contributed by atoms with van der Waals surface area (Å²) in [6.45, 7) is 13.5. The zero-order valence-corrected chi connectivity index (χ0v) is 12.3. The second kappa shape index (κ2) is 74.5. The maximum absolute atomic E-state index is 7.50. The Kier molecular flexibility index (Phi) is 158. The van der Waals surface area contributed by atoms with Gasteiger partial charge in [0, 0.05) is 17.4 Å². The van der Waals surface area contributed by atoms with Gasteiger partial charge in [0.1, 0.15) is 0 Å². The van der Waals surface area contributed by atoms with E-state index in [0.717, 1.165) is 0 Å². The Hall–Kier alpha value is -0.158. The molecule has 0 fully saturated rings. The minimum absolute atomic E-state index is 0. The molecular weight excluding hydrogens is 328 g/mol. The van der Waals surface area contributed by atoms with Crippen LogP contribution in [0.25, 0.3) is 0 Å². The van der Waals surface area contributed by atoms with Crippen molar-refractivity contribution < 1.29 is 48.4 Å². The molecule has 1 aromatic carbocycles. The molecule has 0 saturated heterocycles. The van der Waals surface area contributed by atoms with Crippen molar-refractivity contribution in [2.75, 3.05) is 12.5 Å². The largest absolute Gasteiger partial charge is 1.00 e. The molecule has 0 aromatic heterocycles. The molecule has 0 saturated carbocycles. The normalized spacial score (nSPS) is 4.24. The number of hydrogen-bond donors (Lipinski definition) is 0. The first-order valence-corrected chi connectivity index (χ1v) is 4.97. The van der Waals surface area contributed by atoms with Crippen LogP contribution in [0.1, 0.15) is 0 Å². The van der Waals surface area contributed by atoms with Gasteiger partial charge in [-0.15, -0.1) is 0 Å². The molecule has 0 atom stereocenters. The van der Waals surface area contributed by atoms with E-state index in [-0.39, 0.29) is 34.4 Å². The standard InChI is InChI=1S/C6H5.C2H6S.3CO.Cr.Cu/c1-2-4-6-5-3-1;1-3-2;3*1-2;;/h1-5H;1-2H3;;;;;/q-1;;;;;;+1. The Morgan fingerprint density at radius 3 is 1.12 bits per heavy atom. The summed E-state index contributed by atoms with van der Waals surface area (Å²) in [6.07, 6.45) is 4.08. The monoisotopic (exact) mass is 338 g/mol. The van der Waals surface area contributed by atoms with Crippen molar-refractivity contribution in [1.29, 1.82) is 0 Å². The predicted molar refractivity (Wildman–Crippen MR) is 56.5 cm³/mol. The Labute approximate surface area is 129 Å². The van der Waals surface area contributed by atoms with Crippen molar-refractivity contribution >= 4 is 11.8 Å². The zero-order valence-electron chi connectivity index (χ0n) is 9.23. The third-order valence-corrected chi connectivity index (χ3v) is 0.607. The first-order valence-electron chi connectivity index (χ1n) is 3.34. The molecule has 0 aliphatic heterocycles. The minimum atomic E-state index is 0. The molecule has 1 aromatic rings. The topological polar surface area (TPSA) is 59.7 Å². The Morgan fingerprint density at radius 2 is 1.06 bits per heavy atom. The number of benzene rings is 1. The molecule has 0 heterocycles. The van der Waals surface area contributed by atoms with E-state index in [2.05, 4.69) is 26.0 Å². The summed E-state index contributed by atoms with van der Waals surface area (Å²) < 4.78 is 22.5. The fourth-order valence-corrected chi connectivity index (χ4v) is 0.342. The van der Waals surface area contributed by atoms with E-state index in [4.69, 9.17) is 14.0 Å². The molecule has 17 heavy (non-hydrogen) atoms. The molecular formula is C11H11CrCuO3S. The van der Waals surface area contributed by atoms with Gasteiger partial charge in [-0.05, 0) is 12.5 Å². The molecule has 0 spiro atoms. The Morgan fingerprint density at radius 1 is 0.824 bits per heavy atom. The molecule has 0 radical (unpaired) electrons. The van der Waals surface area contributed by atoms with E-state index in [1.165, 1.54) is 0 Å². The van der Waals surface area contributed by atoms with Crippen LogP contribution in [-0.4, -0.2) is 12.5 Å². The quantitative estimate of drug-likeness (QED) is 0.407. The molecule has 1 rings (SSSR count). The molecule has 0 bridgehead atoms. The molecule has 96 valence electrons. The summed E-state index contributed by atoms with van der Waals surface area (Å²) in [5, 5.41) is 0. The van der Waals surface area contributed by atoms with Crippen LogP contribution in [-0.2, 0) is 48.4 Å². The van der Waals surface area contributed by atoms with Gasteiger partial charge < -0.3 is 0 Å². The maximum atomic E-state index is 7.50. The van der Waals surface area contributed by atoms with Crippen LogP contribution in [0.5, 0.6) is 0 Å². The molecule has 0 N–H and O–H groups in total. The van der Waals surface area contributed by atoms with Crippen LogP contribution in [0, 0.1) is 26.0 Å². The Balaban J connectivity index is -0.0000000244. The van der Waals surface area contributed by atoms with Crippen LogP contribution in [0.3, 0.4) is 0 Å². The van der Waals surface area contributed by atoms with Crippen LogP contribution in [0.2, 0.25) is 0 Å².